The molecule has 0 saturated heterocycles. The molecule has 0 saturated carbocycles. The van der Waals surface area contributed by atoms with Gasteiger partial charge in [0.15, 0.2) is 0 Å². The lowest BCUT2D eigenvalue weighted by atomic mass is 10.1. The Balaban J connectivity index is 2.86. The van der Waals surface area contributed by atoms with Gasteiger partial charge in [0, 0.05) is 0 Å². The number of rotatable bonds is 4. The van der Waals surface area contributed by atoms with E-state index in [0.717, 1.165) is 18.9 Å². The molecule has 0 aliphatic carbocycles. The maximum Gasteiger partial charge on any atom is 0.446 e. The lowest BCUT2D eigenvalue weighted by molar-refractivity contribution is -0.0329. The first-order chi connectivity index (χ1) is 7.44. The molecule has 16 heavy (non-hydrogen) atoms. The Morgan fingerprint density at radius 3 is 2.50 bits per heavy atom. The molecule has 0 spiro atoms. The molecule has 0 unspecified atom stereocenters. The monoisotopic (exact) mass is 252 g/mol. The zero-order valence-corrected chi connectivity index (χ0v) is 9.59. The highest BCUT2D eigenvalue weighted by molar-refractivity contribution is 8.00. The van der Waals surface area contributed by atoms with Crippen LogP contribution in [0.4, 0.5) is 17.6 Å². The summed E-state index contributed by atoms with van der Waals surface area (Å²) in [6, 6.07) is 4.15. The smallest absolute Gasteiger partial charge is 0.205 e. The van der Waals surface area contributed by atoms with Gasteiger partial charge in [0.2, 0.25) is 0 Å². The number of hydrogen-bond donors (Lipinski definition) is 0. The second-order valence-corrected chi connectivity index (χ2v) is 4.49. The Bertz CT molecular complexity index is 346. The molecule has 0 amide bonds. The molecule has 0 aromatic heterocycles. The van der Waals surface area contributed by atoms with Crippen molar-refractivity contribution in [2.45, 2.75) is 36.6 Å². The highest BCUT2D eigenvalue weighted by Crippen LogP contribution is 2.38. The minimum Gasteiger partial charge on any atom is -0.205 e. The van der Waals surface area contributed by atoms with Gasteiger partial charge in [-0.3, -0.25) is 0 Å². The van der Waals surface area contributed by atoms with Crippen LogP contribution in [0.1, 0.15) is 25.3 Å². The third kappa shape index (κ3) is 4.04. The number of aryl methyl sites for hydroxylation is 1. The lowest BCUT2D eigenvalue weighted by Crippen LogP contribution is -2.02. The Kier molecular flexibility index (Phi) is 4.65. The van der Waals surface area contributed by atoms with E-state index in [0.29, 0.717) is 12.0 Å². The summed E-state index contributed by atoms with van der Waals surface area (Å²) in [7, 11) is 0. The average Bonchev–Trinajstić information content (AvgIpc) is 2.17. The van der Waals surface area contributed by atoms with Gasteiger partial charge in [-0.1, -0.05) is 25.5 Å². The second kappa shape index (κ2) is 5.57. The summed E-state index contributed by atoms with van der Waals surface area (Å²) in [5.74, 6) is -0.738. The predicted molar refractivity (Wildman–Crippen MR) is 56.9 cm³/mol. The van der Waals surface area contributed by atoms with Crippen LogP contribution < -0.4 is 0 Å². The molecule has 90 valence electrons. The number of unbranched alkanes of at least 4 members (excludes halogenated alkanes) is 1. The molecule has 0 heterocycles. The zero-order valence-electron chi connectivity index (χ0n) is 8.77. The van der Waals surface area contributed by atoms with Crippen molar-refractivity contribution in [3.63, 3.8) is 0 Å². The van der Waals surface area contributed by atoms with Crippen LogP contribution in [0.15, 0.2) is 23.1 Å². The van der Waals surface area contributed by atoms with Crippen molar-refractivity contribution >= 4 is 11.8 Å². The van der Waals surface area contributed by atoms with E-state index in [4.69, 9.17) is 0 Å². The van der Waals surface area contributed by atoms with Gasteiger partial charge in [0.05, 0.1) is 4.90 Å². The largest absolute Gasteiger partial charge is 0.446 e. The summed E-state index contributed by atoms with van der Waals surface area (Å²) < 4.78 is 49.9. The fraction of sp³-hybridized carbons (Fsp3) is 0.455. The molecular formula is C11H12F4S. The van der Waals surface area contributed by atoms with E-state index in [2.05, 4.69) is 0 Å². The van der Waals surface area contributed by atoms with Crippen molar-refractivity contribution in [3.05, 3.63) is 29.6 Å². The Labute approximate surface area is 96.0 Å². The van der Waals surface area contributed by atoms with Crippen molar-refractivity contribution in [2.75, 3.05) is 0 Å². The van der Waals surface area contributed by atoms with Gasteiger partial charge in [-0.25, -0.2) is 4.39 Å². The first kappa shape index (κ1) is 13.4. The van der Waals surface area contributed by atoms with Gasteiger partial charge in [-0.05, 0) is 36.2 Å². The molecule has 0 N–H and O–H groups in total. The van der Waals surface area contributed by atoms with Gasteiger partial charge < -0.3 is 0 Å². The number of halogens is 4. The minimum absolute atomic E-state index is 0.346. The summed E-state index contributed by atoms with van der Waals surface area (Å²) in [6.45, 7) is 1.95. The van der Waals surface area contributed by atoms with Gasteiger partial charge in [0.1, 0.15) is 5.82 Å². The van der Waals surface area contributed by atoms with Crippen molar-refractivity contribution in [3.8, 4) is 0 Å². The number of hydrogen-bond acceptors (Lipinski definition) is 1. The summed E-state index contributed by atoms with van der Waals surface area (Å²) in [6.07, 6.45) is 2.14. The molecule has 0 bridgehead atoms. The summed E-state index contributed by atoms with van der Waals surface area (Å²) >= 11 is -0.400. The fourth-order valence-electron chi connectivity index (χ4n) is 1.32. The van der Waals surface area contributed by atoms with Crippen LogP contribution in [0.3, 0.4) is 0 Å². The van der Waals surface area contributed by atoms with Crippen LogP contribution in [0.5, 0.6) is 0 Å². The molecule has 0 atom stereocenters. The van der Waals surface area contributed by atoms with E-state index in [1.165, 1.54) is 12.1 Å². The maximum atomic E-state index is 13.6. The van der Waals surface area contributed by atoms with E-state index in [9.17, 15) is 17.6 Å². The molecule has 0 aliphatic rings. The Hall–Kier alpha value is -0.710. The van der Waals surface area contributed by atoms with Crippen LogP contribution in [0, 0.1) is 5.82 Å². The van der Waals surface area contributed by atoms with Gasteiger partial charge in [-0.2, -0.15) is 13.2 Å². The second-order valence-electron chi connectivity index (χ2n) is 3.38. The molecule has 0 fully saturated rings. The van der Waals surface area contributed by atoms with Crippen LogP contribution in [-0.4, -0.2) is 5.51 Å². The number of thioether (sulfide) groups is 1. The number of alkyl halides is 3. The van der Waals surface area contributed by atoms with E-state index < -0.39 is 23.1 Å². The normalized spacial score (nSPS) is 11.8. The predicted octanol–water partition coefficient (Wildman–Crippen LogP) is 4.78. The lowest BCUT2D eigenvalue weighted by Gasteiger charge is -2.09. The Morgan fingerprint density at radius 2 is 1.94 bits per heavy atom. The topological polar surface area (TPSA) is 0 Å². The first-order valence-corrected chi connectivity index (χ1v) is 5.79. The zero-order chi connectivity index (χ0) is 12.2. The highest BCUT2D eigenvalue weighted by Gasteiger charge is 2.30. The van der Waals surface area contributed by atoms with Gasteiger partial charge in [-0.15, -0.1) is 0 Å². The summed E-state index contributed by atoms with van der Waals surface area (Å²) in [5.41, 5.74) is -4.08. The molecule has 1 aromatic rings. The van der Waals surface area contributed by atoms with E-state index >= 15 is 0 Å². The van der Waals surface area contributed by atoms with E-state index in [1.807, 2.05) is 6.92 Å². The summed E-state index contributed by atoms with van der Waals surface area (Å²) in [4.78, 5) is -0.346. The highest BCUT2D eigenvalue weighted by atomic mass is 32.2. The molecule has 0 aliphatic heterocycles. The third-order valence-electron chi connectivity index (χ3n) is 2.07. The standard InChI is InChI=1S/C11H12F4S/c1-2-3-5-8-6-4-7-9(10(8)12)16-11(13,14)15/h4,6-7H,2-3,5H2,1H3. The summed E-state index contributed by atoms with van der Waals surface area (Å²) in [5, 5.41) is 0. The molecule has 5 heteroatoms. The Morgan fingerprint density at radius 1 is 1.25 bits per heavy atom. The minimum atomic E-state index is -4.44. The van der Waals surface area contributed by atoms with Crippen LogP contribution in [-0.2, 0) is 6.42 Å². The van der Waals surface area contributed by atoms with E-state index in [1.54, 1.807) is 0 Å². The van der Waals surface area contributed by atoms with Crippen LogP contribution in [0.25, 0.3) is 0 Å². The van der Waals surface area contributed by atoms with Gasteiger partial charge in [0.25, 0.3) is 0 Å². The van der Waals surface area contributed by atoms with Crippen LogP contribution >= 0.6 is 11.8 Å². The molecule has 0 radical (unpaired) electrons. The fourth-order valence-corrected chi connectivity index (χ4v) is 1.94. The molecule has 1 rings (SSSR count). The quantitative estimate of drug-likeness (QED) is 0.549. The SMILES string of the molecule is CCCCc1cccc(SC(F)(F)F)c1F. The molecule has 1 aromatic carbocycles. The van der Waals surface area contributed by atoms with Crippen molar-refractivity contribution in [1.82, 2.24) is 0 Å². The number of benzene rings is 1. The van der Waals surface area contributed by atoms with Crippen LogP contribution in [0.2, 0.25) is 0 Å². The maximum absolute atomic E-state index is 13.6. The van der Waals surface area contributed by atoms with Gasteiger partial charge >= 0.3 is 5.51 Å². The van der Waals surface area contributed by atoms with E-state index in [-0.39, 0.29) is 4.90 Å². The third-order valence-corrected chi connectivity index (χ3v) is 2.84. The van der Waals surface area contributed by atoms with Crippen molar-refractivity contribution in [2.24, 2.45) is 0 Å². The molecule has 0 nitrogen and oxygen atoms in total. The average molecular weight is 252 g/mol. The van der Waals surface area contributed by atoms with Crippen molar-refractivity contribution in [1.29, 1.82) is 0 Å². The first-order valence-electron chi connectivity index (χ1n) is 4.97. The van der Waals surface area contributed by atoms with Crippen molar-refractivity contribution < 1.29 is 17.6 Å². The molecular weight excluding hydrogens is 240 g/mol.